The molecule has 3 rings (SSSR count). The topological polar surface area (TPSA) is 54.8 Å². The molecule has 1 aromatic carbocycles. The number of amidine groups is 1. The molecule has 7 heteroatoms. The lowest BCUT2D eigenvalue weighted by atomic mass is 10.2. The van der Waals surface area contributed by atoms with E-state index in [0.717, 1.165) is 5.75 Å². The Morgan fingerprint density at radius 3 is 3.00 bits per heavy atom. The molecule has 1 unspecified atom stereocenters. The van der Waals surface area contributed by atoms with Crippen LogP contribution in [0.5, 0.6) is 5.75 Å². The number of hydrogen-bond donors (Lipinski definition) is 0. The van der Waals surface area contributed by atoms with Crippen molar-refractivity contribution in [1.29, 1.82) is 0 Å². The average molecular weight is 376 g/mol. The Morgan fingerprint density at radius 2 is 2.24 bits per heavy atom. The predicted molar refractivity (Wildman–Crippen MR) is 102 cm³/mol. The fourth-order valence-electron chi connectivity index (χ4n) is 2.51. The summed E-state index contributed by atoms with van der Waals surface area (Å²) in [5.74, 6) is 1.37. The van der Waals surface area contributed by atoms with Crippen LogP contribution in [0.3, 0.4) is 0 Å². The first-order valence-electron chi connectivity index (χ1n) is 7.98. The molecule has 1 aromatic heterocycles. The van der Waals surface area contributed by atoms with Gasteiger partial charge in [0.2, 0.25) is 0 Å². The molecule has 0 saturated carbocycles. The Labute approximate surface area is 156 Å². The molecular weight excluding hydrogens is 358 g/mol. The van der Waals surface area contributed by atoms with Gasteiger partial charge in [0, 0.05) is 23.6 Å². The third kappa shape index (κ3) is 3.96. The summed E-state index contributed by atoms with van der Waals surface area (Å²) in [6, 6.07) is 10.8. The van der Waals surface area contributed by atoms with Crippen molar-refractivity contribution in [2.45, 2.75) is 19.9 Å². The molecule has 5 nitrogen and oxygen atoms in total. The van der Waals surface area contributed by atoms with E-state index in [1.165, 1.54) is 6.20 Å². The van der Waals surface area contributed by atoms with Crippen molar-refractivity contribution in [3.8, 4) is 5.75 Å². The lowest BCUT2D eigenvalue weighted by molar-refractivity contribution is 0.0828. The Bertz CT molecular complexity index is 812. The molecule has 130 valence electrons. The largest absolute Gasteiger partial charge is 0.492 e. The maximum Gasteiger partial charge on any atom is 0.260 e. The van der Waals surface area contributed by atoms with Crippen LogP contribution in [0.4, 0.5) is 5.69 Å². The predicted octanol–water partition coefficient (Wildman–Crippen LogP) is 4.40. The van der Waals surface area contributed by atoms with Crippen LogP contribution in [0.25, 0.3) is 0 Å². The maximum absolute atomic E-state index is 12.9. The number of hydrogen-bond acceptors (Lipinski definition) is 5. The van der Waals surface area contributed by atoms with Gasteiger partial charge in [-0.05, 0) is 38.1 Å². The van der Waals surface area contributed by atoms with Gasteiger partial charge in [0.15, 0.2) is 5.17 Å². The van der Waals surface area contributed by atoms with Gasteiger partial charge in [-0.1, -0.05) is 35.5 Å². The molecule has 0 radical (unpaired) electrons. The maximum atomic E-state index is 12.9. The van der Waals surface area contributed by atoms with E-state index in [-0.39, 0.29) is 11.9 Å². The molecule has 1 aliphatic rings. The van der Waals surface area contributed by atoms with E-state index in [1.54, 1.807) is 28.8 Å². The third-order valence-corrected chi connectivity index (χ3v) is 5.08. The zero-order valence-electron chi connectivity index (χ0n) is 14.0. The zero-order chi connectivity index (χ0) is 17.8. The Morgan fingerprint density at radius 1 is 1.44 bits per heavy atom. The van der Waals surface area contributed by atoms with Crippen molar-refractivity contribution in [3.63, 3.8) is 0 Å². The molecule has 1 atom stereocenters. The zero-order valence-corrected chi connectivity index (χ0v) is 15.5. The normalized spacial score (nSPS) is 18.6. The fourth-order valence-corrected chi connectivity index (χ4v) is 3.78. The summed E-state index contributed by atoms with van der Waals surface area (Å²) in [6.45, 7) is 4.49. The number of pyridine rings is 1. The van der Waals surface area contributed by atoms with Crippen LogP contribution in [0, 0.1) is 0 Å². The van der Waals surface area contributed by atoms with E-state index in [2.05, 4.69) is 9.98 Å². The summed E-state index contributed by atoms with van der Waals surface area (Å²) in [4.78, 5) is 23.3. The van der Waals surface area contributed by atoms with Crippen LogP contribution in [-0.2, 0) is 0 Å². The fraction of sp³-hybridized carbons (Fsp3) is 0.278. The average Bonchev–Trinajstić information content (AvgIpc) is 2.96. The lowest BCUT2D eigenvalue weighted by Crippen LogP contribution is -2.37. The second-order valence-corrected chi connectivity index (χ2v) is 6.87. The minimum atomic E-state index is -0.130. The number of nitrogens with zero attached hydrogens (tertiary/aromatic N) is 3. The molecule has 0 spiro atoms. The third-order valence-electron chi connectivity index (χ3n) is 3.67. The highest BCUT2D eigenvalue weighted by Crippen LogP contribution is 2.33. The molecule has 0 aliphatic carbocycles. The van der Waals surface area contributed by atoms with E-state index in [4.69, 9.17) is 16.3 Å². The van der Waals surface area contributed by atoms with Crippen LogP contribution in [0.15, 0.2) is 47.6 Å². The molecule has 25 heavy (non-hydrogen) atoms. The van der Waals surface area contributed by atoms with Crippen LogP contribution < -0.4 is 4.74 Å². The van der Waals surface area contributed by atoms with Gasteiger partial charge in [0.25, 0.3) is 5.91 Å². The number of carbonyl (C=O) groups excluding carboxylic acids is 1. The Balaban J connectivity index is 1.95. The van der Waals surface area contributed by atoms with E-state index in [1.807, 2.05) is 38.1 Å². The molecule has 1 amide bonds. The van der Waals surface area contributed by atoms with Crippen LogP contribution in [0.2, 0.25) is 5.15 Å². The highest BCUT2D eigenvalue weighted by Gasteiger charge is 2.33. The van der Waals surface area contributed by atoms with Crippen LogP contribution >= 0.6 is 23.4 Å². The summed E-state index contributed by atoms with van der Waals surface area (Å²) >= 11 is 7.48. The van der Waals surface area contributed by atoms with Crippen molar-refractivity contribution in [2.24, 2.45) is 4.99 Å². The van der Waals surface area contributed by atoms with Crippen LogP contribution in [-0.4, -0.2) is 39.4 Å². The van der Waals surface area contributed by atoms with Gasteiger partial charge in [0.05, 0.1) is 6.61 Å². The molecule has 2 heterocycles. The second kappa shape index (κ2) is 7.89. The molecule has 0 N–H and O–H groups in total. The van der Waals surface area contributed by atoms with Gasteiger partial charge in [-0.25, -0.2) is 9.98 Å². The van der Waals surface area contributed by atoms with E-state index >= 15 is 0 Å². The van der Waals surface area contributed by atoms with E-state index in [0.29, 0.717) is 33.9 Å². The first-order chi connectivity index (χ1) is 12.1. The highest BCUT2D eigenvalue weighted by atomic mass is 35.5. The van der Waals surface area contributed by atoms with Crippen molar-refractivity contribution in [1.82, 2.24) is 9.88 Å². The quantitative estimate of drug-likeness (QED) is 0.743. The molecule has 1 aliphatic heterocycles. The summed E-state index contributed by atoms with van der Waals surface area (Å²) in [5.41, 5.74) is 1.21. The summed E-state index contributed by atoms with van der Waals surface area (Å²) in [6.07, 6.45) is 1.53. The first-order valence-corrected chi connectivity index (χ1v) is 9.35. The monoisotopic (exact) mass is 375 g/mol. The number of benzene rings is 1. The number of rotatable bonds is 4. The number of aliphatic imine (C=N–C) groups is 1. The number of amides is 1. The number of aromatic nitrogens is 1. The second-order valence-electron chi connectivity index (χ2n) is 5.50. The summed E-state index contributed by atoms with van der Waals surface area (Å²) in [7, 11) is 0. The summed E-state index contributed by atoms with van der Waals surface area (Å²) < 4.78 is 5.62. The number of halogens is 1. The van der Waals surface area contributed by atoms with Gasteiger partial charge < -0.3 is 4.74 Å². The van der Waals surface area contributed by atoms with E-state index in [9.17, 15) is 4.79 Å². The van der Waals surface area contributed by atoms with Gasteiger partial charge >= 0.3 is 0 Å². The van der Waals surface area contributed by atoms with Gasteiger partial charge in [-0.15, -0.1) is 0 Å². The minimum absolute atomic E-state index is 0.0439. The number of carbonyl (C=O) groups is 1. The summed E-state index contributed by atoms with van der Waals surface area (Å²) in [5, 5.41) is 0.961. The van der Waals surface area contributed by atoms with Crippen molar-refractivity contribution >= 4 is 40.1 Å². The number of ether oxygens (including phenoxy) is 1. The first kappa shape index (κ1) is 17.8. The molecule has 0 bridgehead atoms. The number of thioether (sulfide) groups is 1. The van der Waals surface area contributed by atoms with Gasteiger partial charge in [-0.2, -0.15) is 0 Å². The van der Waals surface area contributed by atoms with Crippen LogP contribution in [0.1, 0.15) is 24.2 Å². The Hall–Kier alpha value is -2.05. The Kier molecular flexibility index (Phi) is 5.60. The van der Waals surface area contributed by atoms with E-state index < -0.39 is 0 Å². The van der Waals surface area contributed by atoms with Crippen molar-refractivity contribution in [3.05, 3.63) is 53.3 Å². The van der Waals surface area contributed by atoms with Crippen molar-refractivity contribution in [2.75, 3.05) is 12.4 Å². The minimum Gasteiger partial charge on any atom is -0.492 e. The number of para-hydroxylation sites is 2. The highest BCUT2D eigenvalue weighted by molar-refractivity contribution is 8.14. The molecule has 1 saturated heterocycles. The standard InChI is InChI=1S/C18H18ClN3O2S/c1-3-24-15-7-5-4-6-14(15)21-18-22(12(2)11-25-18)17(23)13-8-9-20-16(19)10-13/h4-10,12H,3,11H2,1-2H3. The van der Waals surface area contributed by atoms with Crippen molar-refractivity contribution < 1.29 is 9.53 Å². The molecular formula is C18H18ClN3O2S. The molecule has 1 fully saturated rings. The smallest absolute Gasteiger partial charge is 0.260 e. The SMILES string of the molecule is CCOc1ccccc1N=C1SCC(C)N1C(=O)c1ccnc(Cl)c1. The lowest BCUT2D eigenvalue weighted by Gasteiger charge is -2.21. The van der Waals surface area contributed by atoms with Gasteiger partial charge in [0.1, 0.15) is 16.6 Å². The molecule has 2 aromatic rings. The van der Waals surface area contributed by atoms with Gasteiger partial charge in [-0.3, -0.25) is 9.69 Å².